The van der Waals surface area contributed by atoms with Gasteiger partial charge in [0, 0.05) is 25.1 Å². The fourth-order valence-corrected chi connectivity index (χ4v) is 7.85. The van der Waals surface area contributed by atoms with E-state index in [1.54, 1.807) is 42.5 Å². The number of nitrogens with one attached hydrogen (secondary N) is 1. The number of nitrogens with zero attached hydrogens (tertiary/aromatic N) is 2. The summed E-state index contributed by atoms with van der Waals surface area (Å²) in [6, 6.07) is 24.6. The second-order valence-corrected chi connectivity index (χ2v) is 15.0. The van der Waals surface area contributed by atoms with Crippen LogP contribution in [0.2, 0.25) is 10.0 Å². The highest BCUT2D eigenvalue weighted by Crippen LogP contribution is 2.33. The van der Waals surface area contributed by atoms with Gasteiger partial charge in [0.15, 0.2) is 11.5 Å². The molecule has 0 aromatic heterocycles. The van der Waals surface area contributed by atoms with Crippen molar-refractivity contribution in [2.24, 2.45) is 0 Å². The van der Waals surface area contributed by atoms with Gasteiger partial charge in [-0.3, -0.25) is 13.9 Å². The molecule has 5 rings (SSSR count). The zero-order chi connectivity index (χ0) is 35.8. The van der Waals surface area contributed by atoms with E-state index in [9.17, 15) is 18.0 Å². The van der Waals surface area contributed by atoms with Crippen LogP contribution in [0.1, 0.15) is 42.4 Å². The Bertz CT molecular complexity index is 1900. The molecular weight excluding hydrogens is 697 g/mol. The highest BCUT2D eigenvalue weighted by molar-refractivity contribution is 7.92. The topological polar surface area (TPSA) is 105 Å². The van der Waals surface area contributed by atoms with Crippen LogP contribution < -0.4 is 19.1 Å². The molecule has 0 heterocycles. The number of carbonyl (C=O) groups excluding carboxylic acids is 2. The summed E-state index contributed by atoms with van der Waals surface area (Å²) >= 11 is 12.6. The first-order valence-electron chi connectivity index (χ1n) is 16.4. The van der Waals surface area contributed by atoms with Gasteiger partial charge < -0.3 is 19.7 Å². The van der Waals surface area contributed by atoms with E-state index < -0.39 is 28.5 Å². The summed E-state index contributed by atoms with van der Waals surface area (Å²) in [7, 11) is -1.48. The maximum absolute atomic E-state index is 14.8. The molecule has 0 spiro atoms. The first kappa shape index (κ1) is 37.0. The molecule has 4 aromatic carbocycles. The van der Waals surface area contributed by atoms with Crippen molar-refractivity contribution >= 4 is 50.7 Å². The molecule has 264 valence electrons. The first-order valence-corrected chi connectivity index (χ1v) is 18.6. The predicted molar refractivity (Wildman–Crippen MR) is 197 cm³/mol. The quantitative estimate of drug-likeness (QED) is 0.147. The van der Waals surface area contributed by atoms with Crippen molar-refractivity contribution in [2.75, 3.05) is 25.1 Å². The van der Waals surface area contributed by atoms with Crippen LogP contribution in [0.4, 0.5) is 5.69 Å². The number of hydrogen-bond acceptors (Lipinski definition) is 6. The van der Waals surface area contributed by atoms with Crippen molar-refractivity contribution in [1.82, 2.24) is 10.2 Å². The minimum Gasteiger partial charge on any atom is -0.493 e. The zero-order valence-corrected chi connectivity index (χ0v) is 30.6. The maximum Gasteiger partial charge on any atom is 0.264 e. The zero-order valence-electron chi connectivity index (χ0n) is 28.3. The smallest absolute Gasteiger partial charge is 0.264 e. The standard InChI is InChI=1S/C38H41Cl2N3O6S/c1-26-13-16-30(17-14-26)43(50(46,47)31-18-20-35(48-2)36(23-31)49-3)25-37(44)42(24-28-15-19-32(39)33(40)21-28)34(22-27-9-5-4-6-10-27)38(45)41-29-11-7-8-12-29/h4-6,9-10,13-21,23,29,34H,7-8,11-12,22,24-25H2,1-3H3,(H,41,45). The summed E-state index contributed by atoms with van der Waals surface area (Å²) in [6.45, 7) is 1.27. The summed E-state index contributed by atoms with van der Waals surface area (Å²) in [5.41, 5.74) is 2.67. The number of amides is 2. The van der Waals surface area contributed by atoms with Gasteiger partial charge in [-0.1, -0.05) is 90.1 Å². The Morgan fingerprint density at radius 2 is 1.52 bits per heavy atom. The molecule has 0 radical (unpaired) electrons. The molecule has 1 aliphatic carbocycles. The number of halogens is 2. The molecule has 0 bridgehead atoms. The lowest BCUT2D eigenvalue weighted by atomic mass is 10.0. The lowest BCUT2D eigenvalue weighted by molar-refractivity contribution is -0.140. The summed E-state index contributed by atoms with van der Waals surface area (Å²) in [5.74, 6) is -0.312. The molecule has 1 atom stereocenters. The molecule has 0 aliphatic heterocycles. The number of methoxy groups -OCH3 is 2. The number of anilines is 1. The van der Waals surface area contributed by atoms with Crippen LogP contribution in [0.3, 0.4) is 0 Å². The van der Waals surface area contributed by atoms with Crippen molar-refractivity contribution in [1.29, 1.82) is 0 Å². The third-order valence-electron chi connectivity index (χ3n) is 8.85. The number of carbonyl (C=O) groups is 2. The highest BCUT2D eigenvalue weighted by Gasteiger charge is 2.36. The molecular formula is C38H41Cl2N3O6S. The minimum atomic E-state index is -4.35. The van der Waals surface area contributed by atoms with Crippen LogP contribution >= 0.6 is 23.2 Å². The van der Waals surface area contributed by atoms with Gasteiger partial charge in [0.25, 0.3) is 10.0 Å². The van der Waals surface area contributed by atoms with Crippen LogP contribution in [0.15, 0.2) is 95.9 Å². The summed E-state index contributed by atoms with van der Waals surface area (Å²) in [5, 5.41) is 3.82. The Kier molecular flexibility index (Phi) is 12.3. The monoisotopic (exact) mass is 737 g/mol. The van der Waals surface area contributed by atoms with Gasteiger partial charge in [-0.05, 0) is 67.3 Å². The van der Waals surface area contributed by atoms with Crippen LogP contribution in [0.5, 0.6) is 11.5 Å². The SMILES string of the molecule is COc1ccc(S(=O)(=O)N(CC(=O)N(Cc2ccc(Cl)c(Cl)c2)C(Cc2ccccc2)C(=O)NC2CCCC2)c2ccc(C)cc2)cc1OC. The Morgan fingerprint density at radius 1 is 0.840 bits per heavy atom. The average molecular weight is 739 g/mol. The van der Waals surface area contributed by atoms with Crippen LogP contribution in [0, 0.1) is 6.92 Å². The maximum atomic E-state index is 14.8. The molecule has 1 unspecified atom stereocenters. The third kappa shape index (κ3) is 8.91. The van der Waals surface area contributed by atoms with E-state index in [0.717, 1.165) is 41.1 Å². The molecule has 12 heteroatoms. The molecule has 1 N–H and O–H groups in total. The van der Waals surface area contributed by atoms with Crippen molar-refractivity contribution in [3.8, 4) is 11.5 Å². The van der Waals surface area contributed by atoms with E-state index in [-0.39, 0.29) is 41.2 Å². The summed E-state index contributed by atoms with van der Waals surface area (Å²) in [4.78, 5) is 30.3. The van der Waals surface area contributed by atoms with Gasteiger partial charge in [-0.15, -0.1) is 0 Å². The van der Waals surface area contributed by atoms with E-state index in [4.69, 9.17) is 32.7 Å². The van der Waals surface area contributed by atoms with Crippen LogP contribution in [-0.2, 0) is 32.6 Å². The molecule has 0 saturated heterocycles. The summed E-state index contributed by atoms with van der Waals surface area (Å²) < 4.78 is 40.7. The largest absolute Gasteiger partial charge is 0.493 e. The predicted octanol–water partition coefficient (Wildman–Crippen LogP) is 7.21. The van der Waals surface area contributed by atoms with Gasteiger partial charge in [0.2, 0.25) is 11.8 Å². The fourth-order valence-electron chi connectivity index (χ4n) is 6.10. The van der Waals surface area contributed by atoms with E-state index in [0.29, 0.717) is 21.4 Å². The van der Waals surface area contributed by atoms with E-state index in [2.05, 4.69) is 5.32 Å². The van der Waals surface area contributed by atoms with Gasteiger partial charge in [0.1, 0.15) is 12.6 Å². The minimum absolute atomic E-state index is 0.00260. The Morgan fingerprint density at radius 3 is 2.16 bits per heavy atom. The second-order valence-electron chi connectivity index (χ2n) is 12.3. The number of hydrogen-bond donors (Lipinski definition) is 1. The van der Waals surface area contributed by atoms with Gasteiger partial charge in [-0.25, -0.2) is 8.42 Å². The molecule has 2 amide bonds. The Balaban J connectivity index is 1.59. The van der Waals surface area contributed by atoms with Crippen LogP contribution in [0.25, 0.3) is 0 Å². The number of benzene rings is 4. The number of aryl methyl sites for hydroxylation is 1. The molecule has 9 nitrogen and oxygen atoms in total. The molecule has 1 aliphatic rings. The van der Waals surface area contributed by atoms with Gasteiger partial charge >= 0.3 is 0 Å². The third-order valence-corrected chi connectivity index (χ3v) is 11.4. The fraction of sp³-hybridized carbons (Fsp3) is 0.316. The molecule has 4 aromatic rings. The number of sulfonamides is 1. The average Bonchev–Trinajstić information content (AvgIpc) is 3.63. The Labute approximate surface area is 304 Å². The van der Waals surface area contributed by atoms with Gasteiger partial charge in [-0.2, -0.15) is 0 Å². The van der Waals surface area contributed by atoms with E-state index >= 15 is 0 Å². The van der Waals surface area contributed by atoms with Crippen molar-refractivity contribution < 1.29 is 27.5 Å². The number of ether oxygens (including phenoxy) is 2. The van der Waals surface area contributed by atoms with E-state index in [1.807, 2.05) is 37.3 Å². The lowest BCUT2D eigenvalue weighted by Gasteiger charge is -2.34. The van der Waals surface area contributed by atoms with Crippen LogP contribution in [-0.4, -0.2) is 58.0 Å². The molecule has 50 heavy (non-hydrogen) atoms. The lowest BCUT2D eigenvalue weighted by Crippen LogP contribution is -2.54. The Hall–Kier alpha value is -4.25. The second kappa shape index (κ2) is 16.6. The first-order chi connectivity index (χ1) is 24.0. The molecule has 1 fully saturated rings. The van der Waals surface area contributed by atoms with Crippen molar-refractivity contribution in [3.63, 3.8) is 0 Å². The summed E-state index contributed by atoms with van der Waals surface area (Å²) in [6.07, 6.45) is 3.95. The molecule has 1 saturated carbocycles. The number of rotatable bonds is 14. The van der Waals surface area contributed by atoms with Crippen molar-refractivity contribution in [2.45, 2.75) is 62.6 Å². The highest BCUT2D eigenvalue weighted by atomic mass is 35.5. The van der Waals surface area contributed by atoms with E-state index in [1.165, 1.54) is 37.3 Å². The normalized spacial score (nSPS) is 13.8. The van der Waals surface area contributed by atoms with Crippen molar-refractivity contribution in [3.05, 3.63) is 118 Å². The van der Waals surface area contributed by atoms with Gasteiger partial charge in [0.05, 0.1) is 34.8 Å².